The number of aryl methyl sites for hydroxylation is 1. The van der Waals surface area contributed by atoms with Gasteiger partial charge in [0.05, 0.1) is 17.1 Å². The Morgan fingerprint density at radius 2 is 2.07 bits per heavy atom. The molecule has 0 radical (unpaired) electrons. The van der Waals surface area contributed by atoms with E-state index in [2.05, 4.69) is 9.71 Å². The Balaban J connectivity index is 3.01. The number of hydrogen-bond donors (Lipinski definition) is 2. The zero-order valence-electron chi connectivity index (χ0n) is 8.98. The first kappa shape index (κ1) is 11.8. The molecule has 1 aromatic heterocycles. The van der Waals surface area contributed by atoms with Gasteiger partial charge in [0.1, 0.15) is 5.82 Å². The van der Waals surface area contributed by atoms with Crippen molar-refractivity contribution in [3.8, 4) is 0 Å². The number of nitrogens with one attached hydrogen (secondary N) is 1. The number of nitrogens with zero attached hydrogens (tertiary/aromatic N) is 1. The SMILES string of the molecule is Cc1cc(N)cnc1NS(=O)(=O)C(C)C. The second kappa shape index (κ2) is 4.06. The van der Waals surface area contributed by atoms with Crippen molar-refractivity contribution < 1.29 is 8.42 Å². The van der Waals surface area contributed by atoms with Gasteiger partial charge in [-0.2, -0.15) is 0 Å². The number of aromatic nitrogens is 1. The van der Waals surface area contributed by atoms with Crippen molar-refractivity contribution in [2.24, 2.45) is 0 Å². The fourth-order valence-electron chi connectivity index (χ4n) is 0.956. The third-order valence-corrected chi connectivity index (χ3v) is 3.68. The molecule has 1 aromatic rings. The summed E-state index contributed by atoms with van der Waals surface area (Å²) in [5.74, 6) is 0.331. The highest BCUT2D eigenvalue weighted by atomic mass is 32.2. The van der Waals surface area contributed by atoms with Crippen LogP contribution >= 0.6 is 0 Å². The summed E-state index contributed by atoms with van der Waals surface area (Å²) in [5, 5.41) is -0.490. The second-order valence-electron chi connectivity index (χ2n) is 3.63. The average molecular weight is 229 g/mol. The smallest absolute Gasteiger partial charge is 0.236 e. The molecule has 84 valence electrons. The first-order chi connectivity index (χ1) is 6.83. The molecule has 0 aromatic carbocycles. The number of nitrogens with two attached hydrogens (primary N) is 1. The third kappa shape index (κ3) is 2.82. The van der Waals surface area contributed by atoms with E-state index in [1.54, 1.807) is 26.8 Å². The first-order valence-electron chi connectivity index (χ1n) is 4.56. The van der Waals surface area contributed by atoms with Crippen LogP contribution in [0.25, 0.3) is 0 Å². The van der Waals surface area contributed by atoms with Gasteiger partial charge < -0.3 is 5.73 Å². The van der Waals surface area contributed by atoms with Crippen LogP contribution in [-0.2, 0) is 10.0 Å². The molecule has 6 heteroatoms. The number of sulfonamides is 1. The molecular weight excluding hydrogens is 214 g/mol. The maximum Gasteiger partial charge on any atom is 0.236 e. The third-order valence-electron chi connectivity index (χ3n) is 1.96. The predicted octanol–water partition coefficient (Wildman–Crippen LogP) is 1.12. The molecular formula is C9H15N3O2S. The molecule has 1 rings (SSSR count). The van der Waals surface area contributed by atoms with Crippen molar-refractivity contribution in [1.29, 1.82) is 0 Å². The van der Waals surface area contributed by atoms with Crippen LogP contribution in [-0.4, -0.2) is 18.7 Å². The van der Waals surface area contributed by atoms with E-state index in [0.717, 1.165) is 0 Å². The molecule has 0 bridgehead atoms. The Morgan fingerprint density at radius 1 is 1.47 bits per heavy atom. The Hall–Kier alpha value is -1.30. The monoisotopic (exact) mass is 229 g/mol. The lowest BCUT2D eigenvalue weighted by molar-refractivity contribution is 0.592. The normalized spacial score (nSPS) is 11.7. The standard InChI is InChI=1S/C9H15N3O2S/c1-6(2)15(13,14)12-9-7(3)4-8(10)5-11-9/h4-6H,10H2,1-3H3,(H,11,12). The highest BCUT2D eigenvalue weighted by molar-refractivity contribution is 7.93. The molecule has 0 spiro atoms. The molecule has 0 atom stereocenters. The number of nitrogen functional groups attached to an aromatic ring is 1. The van der Waals surface area contributed by atoms with Gasteiger partial charge in [-0.3, -0.25) is 4.72 Å². The van der Waals surface area contributed by atoms with Gasteiger partial charge in [-0.05, 0) is 32.4 Å². The lowest BCUT2D eigenvalue weighted by Gasteiger charge is -2.11. The summed E-state index contributed by atoms with van der Waals surface area (Å²) in [7, 11) is -3.34. The van der Waals surface area contributed by atoms with Gasteiger partial charge in [-0.25, -0.2) is 13.4 Å². The van der Waals surface area contributed by atoms with E-state index in [4.69, 9.17) is 5.73 Å². The molecule has 0 aliphatic rings. The van der Waals surface area contributed by atoms with Crippen LogP contribution < -0.4 is 10.5 Å². The maximum atomic E-state index is 11.6. The Morgan fingerprint density at radius 3 is 2.53 bits per heavy atom. The van der Waals surface area contributed by atoms with Gasteiger partial charge in [-0.1, -0.05) is 0 Å². The highest BCUT2D eigenvalue weighted by Gasteiger charge is 2.17. The van der Waals surface area contributed by atoms with Crippen molar-refractivity contribution in [1.82, 2.24) is 4.98 Å². The van der Waals surface area contributed by atoms with Crippen molar-refractivity contribution in [3.05, 3.63) is 17.8 Å². The van der Waals surface area contributed by atoms with E-state index in [1.807, 2.05) is 0 Å². The van der Waals surface area contributed by atoms with E-state index in [-0.39, 0.29) is 0 Å². The maximum absolute atomic E-state index is 11.6. The molecule has 0 aliphatic carbocycles. The molecule has 0 saturated heterocycles. The van der Waals surface area contributed by atoms with E-state index >= 15 is 0 Å². The number of rotatable bonds is 3. The lowest BCUT2D eigenvalue weighted by Crippen LogP contribution is -2.23. The summed E-state index contributed by atoms with van der Waals surface area (Å²) in [6, 6.07) is 1.67. The lowest BCUT2D eigenvalue weighted by atomic mass is 10.3. The molecule has 3 N–H and O–H groups in total. The van der Waals surface area contributed by atoms with Crippen LogP contribution in [0, 0.1) is 6.92 Å². The Labute approximate surface area is 89.8 Å². The molecule has 0 unspecified atom stereocenters. The predicted molar refractivity (Wildman–Crippen MR) is 61.1 cm³/mol. The summed E-state index contributed by atoms with van der Waals surface area (Å²) in [6.45, 7) is 4.96. The Kier molecular flexibility index (Phi) is 3.18. The summed E-state index contributed by atoms with van der Waals surface area (Å²) >= 11 is 0. The molecule has 0 amide bonds. The fraction of sp³-hybridized carbons (Fsp3) is 0.444. The Bertz CT molecular complexity index is 454. The van der Waals surface area contributed by atoms with Crippen LogP contribution in [0.5, 0.6) is 0 Å². The van der Waals surface area contributed by atoms with Gasteiger partial charge in [0, 0.05) is 0 Å². The average Bonchev–Trinajstić information content (AvgIpc) is 2.09. The van der Waals surface area contributed by atoms with Gasteiger partial charge >= 0.3 is 0 Å². The molecule has 1 heterocycles. The number of anilines is 2. The quantitative estimate of drug-likeness (QED) is 0.813. The fourth-order valence-corrected chi connectivity index (χ4v) is 1.67. The molecule has 15 heavy (non-hydrogen) atoms. The van der Waals surface area contributed by atoms with Gasteiger partial charge in [-0.15, -0.1) is 0 Å². The van der Waals surface area contributed by atoms with Gasteiger partial charge in [0.25, 0.3) is 0 Å². The van der Waals surface area contributed by atoms with Crippen LogP contribution in [0.3, 0.4) is 0 Å². The van der Waals surface area contributed by atoms with Crippen molar-refractivity contribution in [2.45, 2.75) is 26.0 Å². The van der Waals surface area contributed by atoms with Gasteiger partial charge in [0.15, 0.2) is 0 Å². The van der Waals surface area contributed by atoms with E-state index < -0.39 is 15.3 Å². The first-order valence-corrected chi connectivity index (χ1v) is 6.11. The van der Waals surface area contributed by atoms with Crippen molar-refractivity contribution in [3.63, 3.8) is 0 Å². The highest BCUT2D eigenvalue weighted by Crippen LogP contribution is 2.16. The summed E-state index contributed by atoms with van der Waals surface area (Å²) in [6.07, 6.45) is 1.42. The summed E-state index contributed by atoms with van der Waals surface area (Å²) < 4.78 is 25.5. The largest absolute Gasteiger partial charge is 0.397 e. The van der Waals surface area contributed by atoms with Crippen molar-refractivity contribution in [2.75, 3.05) is 10.5 Å². The molecule has 5 nitrogen and oxygen atoms in total. The van der Waals surface area contributed by atoms with Crippen LogP contribution in [0.1, 0.15) is 19.4 Å². The zero-order chi connectivity index (χ0) is 11.6. The summed E-state index contributed by atoms with van der Waals surface area (Å²) in [5.41, 5.74) is 6.73. The number of hydrogen-bond acceptors (Lipinski definition) is 4. The van der Waals surface area contributed by atoms with Gasteiger partial charge in [0.2, 0.25) is 10.0 Å². The topological polar surface area (TPSA) is 85.1 Å². The van der Waals surface area contributed by atoms with E-state index in [0.29, 0.717) is 17.1 Å². The zero-order valence-corrected chi connectivity index (χ0v) is 9.80. The summed E-state index contributed by atoms with van der Waals surface area (Å²) in [4.78, 5) is 3.93. The molecule has 0 aliphatic heterocycles. The minimum Gasteiger partial charge on any atom is -0.397 e. The minimum atomic E-state index is -3.34. The van der Waals surface area contributed by atoms with Crippen LogP contribution in [0.15, 0.2) is 12.3 Å². The number of pyridine rings is 1. The van der Waals surface area contributed by atoms with E-state index in [9.17, 15) is 8.42 Å². The molecule has 0 saturated carbocycles. The van der Waals surface area contributed by atoms with E-state index in [1.165, 1.54) is 6.20 Å². The molecule has 0 fully saturated rings. The minimum absolute atomic E-state index is 0.331. The van der Waals surface area contributed by atoms with Crippen LogP contribution in [0.4, 0.5) is 11.5 Å². The van der Waals surface area contributed by atoms with Crippen LogP contribution in [0.2, 0.25) is 0 Å². The van der Waals surface area contributed by atoms with Crippen molar-refractivity contribution >= 4 is 21.5 Å². The second-order valence-corrected chi connectivity index (χ2v) is 5.87.